The topological polar surface area (TPSA) is 78.6 Å². The molecule has 1 heterocycles. The van der Waals surface area contributed by atoms with Gasteiger partial charge in [0.05, 0.1) is 17.5 Å². The summed E-state index contributed by atoms with van der Waals surface area (Å²) >= 11 is 7.45. The van der Waals surface area contributed by atoms with Gasteiger partial charge < -0.3 is 15.2 Å². The van der Waals surface area contributed by atoms with Crippen molar-refractivity contribution < 1.29 is 19.1 Å². The third kappa shape index (κ3) is 4.65. The van der Waals surface area contributed by atoms with Gasteiger partial charge in [-0.2, -0.15) is 0 Å². The van der Waals surface area contributed by atoms with E-state index in [1.54, 1.807) is 13.8 Å². The van der Waals surface area contributed by atoms with Gasteiger partial charge in [0.1, 0.15) is 14.8 Å². The fourth-order valence-corrected chi connectivity index (χ4v) is 4.96. The van der Waals surface area contributed by atoms with Gasteiger partial charge in [-0.25, -0.2) is 9.59 Å². The maximum Gasteiger partial charge on any atom is 0.346 e. The van der Waals surface area contributed by atoms with Gasteiger partial charge in [-0.3, -0.25) is 0 Å². The molecule has 1 aromatic rings. The maximum absolute atomic E-state index is 12.2. The Morgan fingerprint density at radius 1 is 1.00 bits per heavy atom. The zero-order valence-corrected chi connectivity index (χ0v) is 16.2. The predicted octanol–water partition coefficient (Wildman–Crippen LogP) is 3.46. The molecular formula is C17H17NO4S3. The molecule has 2 rings (SSSR count). The van der Waals surface area contributed by atoms with Crippen LogP contribution in [0.4, 0.5) is 0 Å². The lowest BCUT2D eigenvalue weighted by atomic mass is 10.1. The summed E-state index contributed by atoms with van der Waals surface area (Å²) in [7, 11) is 0. The Hall–Kier alpha value is -1.77. The fourth-order valence-electron chi connectivity index (χ4n) is 2.03. The number of thioether (sulfide) groups is 2. The highest BCUT2D eigenvalue weighted by Crippen LogP contribution is 2.52. The Morgan fingerprint density at radius 3 is 1.88 bits per heavy atom. The lowest BCUT2D eigenvalue weighted by Crippen LogP contribution is -2.11. The van der Waals surface area contributed by atoms with Gasteiger partial charge in [0.2, 0.25) is 0 Å². The molecule has 0 atom stereocenters. The van der Waals surface area contributed by atoms with Gasteiger partial charge in [0.15, 0.2) is 0 Å². The van der Waals surface area contributed by atoms with Crippen molar-refractivity contribution in [2.24, 2.45) is 5.73 Å². The van der Waals surface area contributed by atoms with Crippen molar-refractivity contribution in [2.75, 3.05) is 13.2 Å². The molecule has 0 amide bonds. The zero-order chi connectivity index (χ0) is 18.4. The van der Waals surface area contributed by atoms with Crippen molar-refractivity contribution >= 4 is 58.2 Å². The number of hydrogen-bond donors (Lipinski definition) is 1. The minimum absolute atomic E-state index is 0.189. The van der Waals surface area contributed by atoms with Crippen molar-refractivity contribution in [2.45, 2.75) is 13.8 Å². The molecule has 25 heavy (non-hydrogen) atoms. The van der Waals surface area contributed by atoms with E-state index in [2.05, 4.69) is 0 Å². The van der Waals surface area contributed by atoms with E-state index in [-0.39, 0.29) is 28.0 Å². The van der Waals surface area contributed by atoms with Crippen LogP contribution in [0.2, 0.25) is 0 Å². The third-order valence-electron chi connectivity index (χ3n) is 3.03. The van der Waals surface area contributed by atoms with Crippen molar-refractivity contribution in [3.8, 4) is 0 Å². The number of carbonyl (C=O) groups is 2. The number of nitrogens with two attached hydrogens (primary N) is 1. The van der Waals surface area contributed by atoms with E-state index >= 15 is 0 Å². The van der Waals surface area contributed by atoms with Crippen molar-refractivity contribution in [3.05, 3.63) is 49.9 Å². The number of rotatable bonds is 6. The molecule has 0 radical (unpaired) electrons. The number of benzene rings is 1. The molecule has 8 heteroatoms. The van der Waals surface area contributed by atoms with Crippen molar-refractivity contribution in [1.82, 2.24) is 0 Å². The summed E-state index contributed by atoms with van der Waals surface area (Å²) in [6.07, 6.45) is 0. The van der Waals surface area contributed by atoms with E-state index < -0.39 is 11.9 Å². The first-order chi connectivity index (χ1) is 12.0. The Labute approximate surface area is 160 Å². The fraction of sp³-hybridized carbons (Fsp3) is 0.235. The second-order valence-electron chi connectivity index (χ2n) is 4.70. The molecule has 0 unspecified atom stereocenters. The van der Waals surface area contributed by atoms with Crippen LogP contribution in [0.1, 0.15) is 19.4 Å². The second kappa shape index (κ2) is 9.07. The minimum Gasteiger partial charge on any atom is -0.462 e. The molecule has 0 saturated heterocycles. The quantitative estimate of drug-likeness (QED) is 0.446. The highest BCUT2D eigenvalue weighted by atomic mass is 32.2. The predicted molar refractivity (Wildman–Crippen MR) is 106 cm³/mol. The summed E-state index contributed by atoms with van der Waals surface area (Å²) in [5, 5.41) is 0. The minimum atomic E-state index is -0.562. The molecule has 1 aromatic carbocycles. The Bertz CT molecular complexity index is 724. The lowest BCUT2D eigenvalue weighted by Gasteiger charge is -2.09. The average Bonchev–Trinajstić information content (AvgIpc) is 3.01. The van der Waals surface area contributed by atoms with Crippen molar-refractivity contribution in [1.29, 1.82) is 0 Å². The van der Waals surface area contributed by atoms with E-state index in [0.29, 0.717) is 9.81 Å². The molecule has 0 saturated carbocycles. The molecule has 0 fully saturated rings. The van der Waals surface area contributed by atoms with Crippen LogP contribution in [-0.2, 0) is 19.1 Å². The molecule has 1 aliphatic rings. The summed E-state index contributed by atoms with van der Waals surface area (Å²) in [5.74, 6) is -1.12. The molecule has 1 aliphatic heterocycles. The van der Waals surface area contributed by atoms with Crippen LogP contribution < -0.4 is 5.73 Å². The van der Waals surface area contributed by atoms with Crippen LogP contribution in [-0.4, -0.2) is 30.1 Å². The molecule has 0 aliphatic carbocycles. The molecule has 0 aromatic heterocycles. The number of thiocarbonyl (C=S) groups is 1. The van der Waals surface area contributed by atoms with Gasteiger partial charge in [-0.15, -0.1) is 0 Å². The molecule has 132 valence electrons. The smallest absolute Gasteiger partial charge is 0.346 e. The average molecular weight is 396 g/mol. The van der Waals surface area contributed by atoms with Gasteiger partial charge >= 0.3 is 11.9 Å². The van der Waals surface area contributed by atoms with Gasteiger partial charge in [-0.1, -0.05) is 66.1 Å². The van der Waals surface area contributed by atoms with Crippen LogP contribution in [0.15, 0.2) is 44.4 Å². The normalized spacial score (nSPS) is 13.6. The first kappa shape index (κ1) is 19.6. The van der Waals surface area contributed by atoms with Crippen LogP contribution in [0.3, 0.4) is 0 Å². The van der Waals surface area contributed by atoms with Gasteiger partial charge in [0.25, 0.3) is 0 Å². The first-order valence-corrected chi connectivity index (χ1v) is 9.57. The first-order valence-electron chi connectivity index (χ1n) is 7.53. The van der Waals surface area contributed by atoms with Crippen molar-refractivity contribution in [3.63, 3.8) is 0 Å². The molecule has 0 spiro atoms. The van der Waals surface area contributed by atoms with E-state index in [4.69, 9.17) is 27.4 Å². The summed E-state index contributed by atoms with van der Waals surface area (Å²) in [4.78, 5) is 25.0. The number of carbonyl (C=O) groups excluding carboxylic acids is 2. The van der Waals surface area contributed by atoms with Crippen LogP contribution in [0, 0.1) is 0 Å². The molecule has 5 nitrogen and oxygen atoms in total. The monoisotopic (exact) mass is 395 g/mol. The van der Waals surface area contributed by atoms with E-state index in [0.717, 1.165) is 29.1 Å². The van der Waals surface area contributed by atoms with Crippen LogP contribution in [0.5, 0.6) is 0 Å². The van der Waals surface area contributed by atoms with E-state index in [1.807, 2.05) is 30.3 Å². The zero-order valence-electron chi connectivity index (χ0n) is 13.7. The summed E-state index contributed by atoms with van der Waals surface area (Å²) in [6.45, 7) is 3.83. The number of ether oxygens (including phenoxy) is 2. The third-order valence-corrected chi connectivity index (χ3v) is 5.79. The van der Waals surface area contributed by atoms with E-state index in [1.165, 1.54) is 0 Å². The van der Waals surface area contributed by atoms with Crippen LogP contribution in [0.25, 0.3) is 5.57 Å². The van der Waals surface area contributed by atoms with Gasteiger partial charge in [-0.05, 0) is 19.4 Å². The Kier molecular flexibility index (Phi) is 7.10. The standard InChI is InChI=1S/C17H17NO4S3/c1-3-21-15(19)12-13(16(20)22-4-2)25-17(24-12)11(14(18)23)10-8-6-5-7-9-10/h5-9H,3-4H2,1-2H3,(H2,18,23). The van der Waals surface area contributed by atoms with Gasteiger partial charge in [0, 0.05) is 5.57 Å². The Morgan fingerprint density at radius 2 is 1.48 bits per heavy atom. The van der Waals surface area contributed by atoms with E-state index in [9.17, 15) is 9.59 Å². The number of esters is 2. The molecule has 0 bridgehead atoms. The number of hydrogen-bond acceptors (Lipinski definition) is 7. The Balaban J connectivity index is 2.47. The highest BCUT2D eigenvalue weighted by Gasteiger charge is 2.34. The highest BCUT2D eigenvalue weighted by molar-refractivity contribution is 8.29. The molecule has 2 N–H and O–H groups in total. The largest absolute Gasteiger partial charge is 0.462 e. The summed E-state index contributed by atoms with van der Waals surface area (Å²) in [6, 6.07) is 9.35. The second-order valence-corrected chi connectivity index (χ2v) is 7.44. The maximum atomic E-state index is 12.2. The lowest BCUT2D eigenvalue weighted by molar-refractivity contribution is -0.140. The summed E-state index contributed by atoms with van der Waals surface area (Å²) < 4.78 is 10.8. The van der Waals surface area contributed by atoms with Crippen LogP contribution >= 0.6 is 35.7 Å². The summed E-state index contributed by atoms with van der Waals surface area (Å²) in [5.41, 5.74) is 7.34. The SMILES string of the molecule is CCOC(=O)C1=C(C(=O)OCC)SC(=C(C(N)=S)c2ccccc2)S1. The molecular weight excluding hydrogens is 378 g/mol.